The van der Waals surface area contributed by atoms with Gasteiger partial charge in [-0.2, -0.15) is 5.10 Å². The topological polar surface area (TPSA) is 69.8 Å². The van der Waals surface area contributed by atoms with Crippen molar-refractivity contribution in [2.75, 3.05) is 5.32 Å². The minimum atomic E-state index is -0.0802. The van der Waals surface area contributed by atoms with Crippen LogP contribution in [0.1, 0.15) is 38.5 Å². The Morgan fingerprint density at radius 2 is 1.84 bits per heavy atom. The first kappa shape index (κ1) is 11.3. The van der Waals surface area contributed by atoms with Crippen LogP contribution < -0.4 is 10.6 Å². The summed E-state index contributed by atoms with van der Waals surface area (Å²) in [5, 5.41) is 12.7. The summed E-state index contributed by atoms with van der Waals surface area (Å²) < 4.78 is 0. The third kappa shape index (κ3) is 2.01. The van der Waals surface area contributed by atoms with Crippen molar-refractivity contribution in [3.8, 4) is 0 Å². The van der Waals surface area contributed by atoms with E-state index in [0.717, 1.165) is 23.4 Å². The summed E-state index contributed by atoms with van der Waals surface area (Å²) in [4.78, 5) is 12.1. The molecule has 5 heteroatoms. The van der Waals surface area contributed by atoms with Gasteiger partial charge in [-0.3, -0.25) is 5.10 Å². The molecule has 2 amide bonds. The van der Waals surface area contributed by atoms with Crippen molar-refractivity contribution in [1.29, 1.82) is 0 Å². The summed E-state index contributed by atoms with van der Waals surface area (Å²) in [5.41, 5.74) is 0.796. The number of aromatic nitrogens is 2. The van der Waals surface area contributed by atoms with Crippen LogP contribution in [0.2, 0.25) is 0 Å². The molecule has 1 aromatic heterocycles. The van der Waals surface area contributed by atoms with Crippen LogP contribution in [-0.4, -0.2) is 21.8 Å². The van der Waals surface area contributed by atoms with Crippen molar-refractivity contribution in [2.45, 2.75) is 44.1 Å². The van der Waals surface area contributed by atoms with Crippen molar-refractivity contribution < 1.29 is 4.79 Å². The molecule has 0 aliphatic heterocycles. The molecule has 1 heterocycles. The zero-order valence-corrected chi connectivity index (χ0v) is 11.0. The van der Waals surface area contributed by atoms with Crippen molar-refractivity contribution in [3.05, 3.63) is 12.4 Å². The van der Waals surface area contributed by atoms with Crippen molar-refractivity contribution in [3.63, 3.8) is 0 Å². The number of carbonyl (C=O) groups is 1. The monoisotopic (exact) mass is 260 g/mol. The maximum atomic E-state index is 12.1. The van der Waals surface area contributed by atoms with Crippen LogP contribution >= 0.6 is 0 Å². The van der Waals surface area contributed by atoms with Crippen LogP contribution in [0.4, 0.5) is 10.5 Å². The molecule has 1 aromatic rings. The molecule has 4 saturated carbocycles. The number of carbonyl (C=O) groups excluding carboxylic acids is 1. The largest absolute Gasteiger partial charge is 0.332 e. The zero-order valence-electron chi connectivity index (χ0n) is 11.0. The lowest BCUT2D eigenvalue weighted by Gasteiger charge is -2.56. The number of hydrogen-bond donors (Lipinski definition) is 3. The van der Waals surface area contributed by atoms with Crippen molar-refractivity contribution in [1.82, 2.24) is 15.5 Å². The van der Waals surface area contributed by atoms with Gasteiger partial charge < -0.3 is 10.6 Å². The summed E-state index contributed by atoms with van der Waals surface area (Å²) in [6, 6.07) is -0.0802. The normalized spacial score (nSPS) is 39.3. The summed E-state index contributed by atoms with van der Waals surface area (Å²) in [7, 11) is 0. The smallest absolute Gasteiger partial charge is 0.319 e. The number of amides is 2. The number of hydrogen-bond acceptors (Lipinski definition) is 2. The van der Waals surface area contributed by atoms with Crippen LogP contribution in [0.5, 0.6) is 0 Å². The van der Waals surface area contributed by atoms with Crippen LogP contribution in [0.3, 0.4) is 0 Å². The summed E-state index contributed by atoms with van der Waals surface area (Å²) in [6.45, 7) is 0. The maximum absolute atomic E-state index is 12.1. The van der Waals surface area contributed by atoms with Gasteiger partial charge in [0.05, 0.1) is 11.9 Å². The number of nitrogens with one attached hydrogen (secondary N) is 3. The minimum Gasteiger partial charge on any atom is -0.332 e. The van der Waals surface area contributed by atoms with Crippen LogP contribution in [-0.2, 0) is 0 Å². The molecule has 0 spiro atoms. The highest BCUT2D eigenvalue weighted by molar-refractivity contribution is 5.89. The second-order valence-corrected chi connectivity index (χ2v) is 6.76. The van der Waals surface area contributed by atoms with E-state index in [1.807, 2.05) is 0 Å². The van der Waals surface area contributed by atoms with E-state index in [0.29, 0.717) is 0 Å². The Hall–Kier alpha value is -1.52. The number of urea groups is 1. The summed E-state index contributed by atoms with van der Waals surface area (Å²) in [6.07, 6.45) is 11.0. The van der Waals surface area contributed by atoms with Crippen LogP contribution in [0.25, 0.3) is 0 Å². The Kier molecular flexibility index (Phi) is 2.37. The molecule has 4 bridgehead atoms. The number of nitrogens with zero attached hydrogens (tertiary/aromatic N) is 1. The zero-order chi connectivity index (χ0) is 12.9. The Morgan fingerprint density at radius 1 is 1.21 bits per heavy atom. The molecule has 0 unspecified atom stereocenters. The van der Waals surface area contributed by atoms with E-state index >= 15 is 0 Å². The number of rotatable bonds is 2. The Balaban J connectivity index is 1.46. The molecule has 5 rings (SSSR count). The fourth-order valence-electron chi connectivity index (χ4n) is 4.99. The van der Waals surface area contributed by atoms with E-state index in [2.05, 4.69) is 20.8 Å². The predicted octanol–water partition coefficient (Wildman–Crippen LogP) is 2.50. The van der Waals surface area contributed by atoms with Gasteiger partial charge in [-0.1, -0.05) is 0 Å². The second kappa shape index (κ2) is 3.99. The lowest BCUT2D eigenvalue weighted by molar-refractivity contribution is -0.0127. The van der Waals surface area contributed by atoms with Crippen LogP contribution in [0.15, 0.2) is 12.4 Å². The highest BCUT2D eigenvalue weighted by Gasteiger charge is 2.51. The minimum absolute atomic E-state index is 0.0720. The molecule has 102 valence electrons. The number of anilines is 1. The third-order valence-electron chi connectivity index (χ3n) is 5.17. The number of H-pyrrole nitrogens is 1. The standard InChI is InChI=1S/C14H20N4O/c19-13(17-12-7-15-16-8-12)18-14-4-9-1-10(5-14)3-11(2-9)6-14/h7-11H,1-6H2,(H,15,16)(H2,17,18,19). The van der Waals surface area contributed by atoms with E-state index in [9.17, 15) is 4.79 Å². The van der Waals surface area contributed by atoms with Gasteiger partial charge in [0.15, 0.2) is 0 Å². The van der Waals surface area contributed by atoms with Gasteiger partial charge >= 0.3 is 6.03 Å². The van der Waals surface area contributed by atoms with E-state index in [4.69, 9.17) is 0 Å². The Bertz CT molecular complexity index is 446. The molecule has 3 N–H and O–H groups in total. The molecule has 0 radical (unpaired) electrons. The van der Waals surface area contributed by atoms with Gasteiger partial charge in [-0.15, -0.1) is 0 Å². The lowest BCUT2D eigenvalue weighted by atomic mass is 9.53. The molecule has 19 heavy (non-hydrogen) atoms. The van der Waals surface area contributed by atoms with Gasteiger partial charge in [0.25, 0.3) is 0 Å². The molecule has 0 aromatic carbocycles. The summed E-state index contributed by atoms with van der Waals surface area (Å²) in [5.74, 6) is 2.54. The third-order valence-corrected chi connectivity index (χ3v) is 5.17. The summed E-state index contributed by atoms with van der Waals surface area (Å²) >= 11 is 0. The first-order valence-electron chi connectivity index (χ1n) is 7.29. The van der Waals surface area contributed by atoms with E-state index in [1.54, 1.807) is 12.4 Å². The van der Waals surface area contributed by atoms with E-state index in [1.165, 1.54) is 38.5 Å². The van der Waals surface area contributed by atoms with E-state index < -0.39 is 0 Å². The fourth-order valence-corrected chi connectivity index (χ4v) is 4.99. The molecular formula is C14H20N4O. The fraction of sp³-hybridized carbons (Fsp3) is 0.714. The van der Waals surface area contributed by atoms with Gasteiger partial charge in [0, 0.05) is 11.7 Å². The average molecular weight is 260 g/mol. The molecule has 4 fully saturated rings. The number of aromatic amines is 1. The SMILES string of the molecule is O=C(Nc1cn[nH]c1)NC12CC3CC(CC(C3)C1)C2. The average Bonchev–Trinajstić information content (AvgIpc) is 2.78. The Labute approximate surface area is 112 Å². The van der Waals surface area contributed by atoms with Gasteiger partial charge in [0.2, 0.25) is 0 Å². The highest BCUT2D eigenvalue weighted by atomic mass is 16.2. The van der Waals surface area contributed by atoms with Crippen LogP contribution in [0, 0.1) is 17.8 Å². The van der Waals surface area contributed by atoms with Gasteiger partial charge in [-0.25, -0.2) is 4.79 Å². The first-order chi connectivity index (χ1) is 9.21. The quantitative estimate of drug-likeness (QED) is 0.764. The molecular weight excluding hydrogens is 240 g/mol. The first-order valence-corrected chi connectivity index (χ1v) is 7.29. The second-order valence-electron chi connectivity index (χ2n) is 6.76. The maximum Gasteiger partial charge on any atom is 0.319 e. The molecule has 5 nitrogen and oxygen atoms in total. The van der Waals surface area contributed by atoms with E-state index in [-0.39, 0.29) is 11.6 Å². The van der Waals surface area contributed by atoms with Crippen molar-refractivity contribution >= 4 is 11.7 Å². The Morgan fingerprint density at radius 3 is 2.37 bits per heavy atom. The highest BCUT2D eigenvalue weighted by Crippen LogP contribution is 2.55. The lowest BCUT2D eigenvalue weighted by Crippen LogP contribution is -2.60. The molecule has 4 aliphatic rings. The predicted molar refractivity (Wildman–Crippen MR) is 71.6 cm³/mol. The van der Waals surface area contributed by atoms with Crippen molar-refractivity contribution in [2.24, 2.45) is 17.8 Å². The molecule has 4 aliphatic carbocycles. The molecule has 0 saturated heterocycles. The molecule has 0 atom stereocenters. The van der Waals surface area contributed by atoms with Gasteiger partial charge in [0.1, 0.15) is 0 Å². The van der Waals surface area contributed by atoms with Gasteiger partial charge in [-0.05, 0) is 56.3 Å².